The maximum Gasteiger partial charge on any atom is 0.205 e. The molecule has 1 saturated heterocycles. The molecule has 0 radical (unpaired) electrons. The van der Waals surface area contributed by atoms with Gasteiger partial charge in [-0.2, -0.15) is 4.37 Å². The lowest BCUT2D eigenvalue weighted by Gasteiger charge is -2.36. The van der Waals surface area contributed by atoms with Gasteiger partial charge in [-0.1, -0.05) is 13.8 Å². The maximum atomic E-state index is 4.85. The van der Waals surface area contributed by atoms with Crippen molar-refractivity contribution < 1.29 is 0 Å². The molecule has 9 heteroatoms. The molecule has 27 heavy (non-hydrogen) atoms. The smallest absolute Gasteiger partial charge is 0.205 e. The third-order valence-electron chi connectivity index (χ3n) is 5.02. The summed E-state index contributed by atoms with van der Waals surface area (Å²) in [5, 5.41) is 4.50. The lowest BCUT2D eigenvalue weighted by atomic mass is 10.2. The lowest BCUT2D eigenvalue weighted by Crippen LogP contribution is -2.52. The summed E-state index contributed by atoms with van der Waals surface area (Å²) in [6.45, 7) is 15.3. The second-order valence-corrected chi connectivity index (χ2v) is 7.52. The van der Waals surface area contributed by atoms with Crippen LogP contribution in [0, 0.1) is 0 Å². The van der Waals surface area contributed by atoms with Crippen LogP contribution in [-0.4, -0.2) is 84.0 Å². The molecule has 1 fully saturated rings. The molecule has 1 aromatic rings. The Morgan fingerprint density at radius 2 is 1.96 bits per heavy atom. The predicted molar refractivity (Wildman–Crippen MR) is 127 cm³/mol. The number of hydrogen-bond acceptors (Lipinski definition) is 6. The van der Waals surface area contributed by atoms with Gasteiger partial charge in [0, 0.05) is 63.3 Å². The number of rotatable bonds is 8. The molecule has 0 amide bonds. The molecule has 1 N–H and O–H groups in total. The zero-order chi connectivity index (χ0) is 18.9. The number of halogens is 1. The fourth-order valence-electron chi connectivity index (χ4n) is 2.90. The summed E-state index contributed by atoms with van der Waals surface area (Å²) in [4.78, 5) is 16.6. The Hall–Kier alpha value is -0.680. The zero-order valence-electron chi connectivity index (χ0n) is 17.4. The number of nitrogens with one attached hydrogen (secondary N) is 1. The number of anilines is 1. The molecule has 0 bridgehead atoms. The van der Waals surface area contributed by atoms with Crippen LogP contribution < -0.4 is 10.2 Å². The third-order valence-corrected chi connectivity index (χ3v) is 5.83. The van der Waals surface area contributed by atoms with Gasteiger partial charge in [-0.25, -0.2) is 4.98 Å². The number of nitrogens with zero attached hydrogens (tertiary/aromatic N) is 6. The van der Waals surface area contributed by atoms with Crippen LogP contribution in [0.25, 0.3) is 0 Å². The first-order valence-electron chi connectivity index (χ1n) is 9.90. The molecule has 2 rings (SSSR count). The topological polar surface area (TPSA) is 59.9 Å². The van der Waals surface area contributed by atoms with Crippen LogP contribution in [0.5, 0.6) is 0 Å². The highest BCUT2D eigenvalue weighted by molar-refractivity contribution is 14.0. The van der Waals surface area contributed by atoms with E-state index in [2.05, 4.69) is 64.1 Å². The lowest BCUT2D eigenvalue weighted by molar-refractivity contribution is 0.258. The average molecular weight is 510 g/mol. The summed E-state index contributed by atoms with van der Waals surface area (Å²) >= 11 is 1.52. The number of aromatic nitrogens is 2. The van der Waals surface area contributed by atoms with E-state index in [9.17, 15) is 0 Å². The highest BCUT2D eigenvalue weighted by atomic mass is 127. The quantitative estimate of drug-likeness (QED) is 0.330. The number of guanidine groups is 1. The summed E-state index contributed by atoms with van der Waals surface area (Å²) in [7, 11) is 2.18. The molecule has 0 aromatic carbocycles. The van der Waals surface area contributed by atoms with E-state index in [4.69, 9.17) is 4.99 Å². The molecular formula is C18H36IN7S. The van der Waals surface area contributed by atoms with Gasteiger partial charge in [0.1, 0.15) is 5.82 Å². The minimum atomic E-state index is 0. The summed E-state index contributed by atoms with van der Waals surface area (Å²) in [6, 6.07) is 0.608. The summed E-state index contributed by atoms with van der Waals surface area (Å²) < 4.78 is 4.41. The van der Waals surface area contributed by atoms with Crippen LogP contribution in [0.15, 0.2) is 4.99 Å². The first kappa shape index (κ1) is 24.4. The van der Waals surface area contributed by atoms with Gasteiger partial charge >= 0.3 is 0 Å². The van der Waals surface area contributed by atoms with Crippen molar-refractivity contribution >= 4 is 46.6 Å². The Bertz CT molecular complexity index is 558. The molecule has 0 aliphatic carbocycles. The van der Waals surface area contributed by atoms with Crippen LogP contribution in [-0.2, 0) is 6.42 Å². The molecule has 0 saturated carbocycles. The van der Waals surface area contributed by atoms with Crippen LogP contribution in [0.1, 0.15) is 39.9 Å². The molecular weight excluding hydrogens is 473 g/mol. The molecule has 7 nitrogen and oxygen atoms in total. The second-order valence-electron chi connectivity index (χ2n) is 6.79. The van der Waals surface area contributed by atoms with E-state index in [1.807, 2.05) is 0 Å². The van der Waals surface area contributed by atoms with Crippen LogP contribution in [0.2, 0.25) is 0 Å². The summed E-state index contributed by atoms with van der Waals surface area (Å²) in [5.41, 5.74) is 0. The first-order chi connectivity index (χ1) is 12.6. The average Bonchev–Trinajstić information content (AvgIpc) is 3.16. The Kier molecular flexibility index (Phi) is 11.5. The van der Waals surface area contributed by atoms with Crippen molar-refractivity contribution in [2.45, 2.75) is 46.6 Å². The highest BCUT2D eigenvalue weighted by Gasteiger charge is 2.22. The highest BCUT2D eigenvalue weighted by Crippen LogP contribution is 2.19. The van der Waals surface area contributed by atoms with Crippen molar-refractivity contribution in [3.05, 3.63) is 5.82 Å². The van der Waals surface area contributed by atoms with Crippen molar-refractivity contribution in [2.24, 2.45) is 4.99 Å². The van der Waals surface area contributed by atoms with Gasteiger partial charge in [0.25, 0.3) is 0 Å². The second kappa shape index (κ2) is 12.7. The van der Waals surface area contributed by atoms with E-state index in [1.165, 1.54) is 18.0 Å². The van der Waals surface area contributed by atoms with Crippen LogP contribution in [0.4, 0.5) is 5.13 Å². The van der Waals surface area contributed by atoms with Crippen molar-refractivity contribution in [1.29, 1.82) is 0 Å². The minimum absolute atomic E-state index is 0. The Balaban J connectivity index is 0.00000364. The standard InChI is InChI=1S/C18H35N7S.HI/c1-6-15(4)23(5)10-9-20-17(19-8-3)24-11-13-25(14-12-24)18-21-16(7-2)22-26-18;/h15H,6-14H2,1-5H3,(H,19,20);1H. The maximum absolute atomic E-state index is 4.85. The number of aliphatic imine (C=N–C) groups is 1. The Labute approximate surface area is 185 Å². The van der Waals surface area contributed by atoms with Crippen molar-refractivity contribution in [3.63, 3.8) is 0 Å². The van der Waals surface area contributed by atoms with E-state index < -0.39 is 0 Å². The fourth-order valence-corrected chi connectivity index (χ4v) is 3.70. The van der Waals surface area contributed by atoms with E-state index in [0.717, 1.165) is 69.1 Å². The first-order valence-corrected chi connectivity index (χ1v) is 10.7. The van der Waals surface area contributed by atoms with Crippen LogP contribution in [0.3, 0.4) is 0 Å². The number of piperazine rings is 1. The Morgan fingerprint density at radius 1 is 1.26 bits per heavy atom. The SMILES string of the molecule is CCNC(=NCCN(C)C(C)CC)N1CCN(c2nc(CC)ns2)CC1.I. The molecule has 1 aliphatic rings. The Morgan fingerprint density at radius 3 is 2.52 bits per heavy atom. The summed E-state index contributed by atoms with van der Waals surface area (Å²) in [5.74, 6) is 1.99. The molecule has 0 spiro atoms. The van der Waals surface area contributed by atoms with E-state index >= 15 is 0 Å². The van der Waals surface area contributed by atoms with Gasteiger partial charge < -0.3 is 20.0 Å². The monoisotopic (exact) mass is 509 g/mol. The molecule has 1 aromatic heterocycles. The van der Waals surface area contributed by atoms with Crippen molar-refractivity contribution in [3.8, 4) is 0 Å². The molecule has 156 valence electrons. The van der Waals surface area contributed by atoms with Crippen molar-refractivity contribution in [1.82, 2.24) is 24.5 Å². The van der Waals surface area contributed by atoms with Gasteiger partial charge in [0.2, 0.25) is 5.13 Å². The van der Waals surface area contributed by atoms with Gasteiger partial charge in [-0.3, -0.25) is 4.99 Å². The van der Waals surface area contributed by atoms with E-state index in [0.29, 0.717) is 6.04 Å². The predicted octanol–water partition coefficient (Wildman–Crippen LogP) is 2.54. The van der Waals surface area contributed by atoms with Gasteiger partial charge in [-0.05, 0) is 27.3 Å². The minimum Gasteiger partial charge on any atom is -0.357 e. The molecule has 1 atom stereocenters. The number of hydrogen-bond donors (Lipinski definition) is 1. The number of likely N-dealkylation sites (N-methyl/N-ethyl adjacent to an activating group) is 1. The van der Waals surface area contributed by atoms with Gasteiger partial charge in [0.05, 0.1) is 6.54 Å². The molecule has 1 unspecified atom stereocenters. The van der Waals surface area contributed by atoms with Crippen molar-refractivity contribution in [2.75, 3.05) is 57.8 Å². The third kappa shape index (κ3) is 7.34. The number of aryl methyl sites for hydroxylation is 1. The van der Waals surface area contributed by atoms with E-state index in [1.54, 1.807) is 0 Å². The van der Waals surface area contributed by atoms with Gasteiger partial charge in [-0.15, -0.1) is 24.0 Å². The molecule has 1 aliphatic heterocycles. The van der Waals surface area contributed by atoms with Gasteiger partial charge in [0.15, 0.2) is 5.96 Å². The largest absolute Gasteiger partial charge is 0.357 e. The summed E-state index contributed by atoms with van der Waals surface area (Å²) in [6.07, 6.45) is 2.08. The fraction of sp³-hybridized carbons (Fsp3) is 0.833. The normalized spacial score (nSPS) is 16.4. The van der Waals surface area contributed by atoms with E-state index in [-0.39, 0.29) is 24.0 Å². The zero-order valence-corrected chi connectivity index (χ0v) is 20.6. The molecule has 2 heterocycles. The van der Waals surface area contributed by atoms with Crippen LogP contribution >= 0.6 is 35.5 Å².